The summed E-state index contributed by atoms with van der Waals surface area (Å²) in [6.07, 6.45) is 3.80. The summed E-state index contributed by atoms with van der Waals surface area (Å²) in [4.78, 5) is 18.7. The van der Waals surface area contributed by atoms with E-state index in [1.54, 1.807) is 12.3 Å². The molecule has 1 amide bonds. The van der Waals surface area contributed by atoms with Crippen LogP contribution in [0.2, 0.25) is 5.02 Å². The molecule has 0 aliphatic carbocycles. The molecule has 1 aromatic heterocycles. The maximum absolute atomic E-state index is 13.8. The first-order chi connectivity index (χ1) is 11.6. The molecule has 0 saturated heterocycles. The Bertz CT molecular complexity index is 665. The molecular formula is C18H21ClFN3O. The van der Waals surface area contributed by atoms with E-state index in [0.717, 1.165) is 31.6 Å². The molecule has 0 saturated carbocycles. The van der Waals surface area contributed by atoms with E-state index in [4.69, 9.17) is 11.6 Å². The molecule has 128 valence electrons. The van der Waals surface area contributed by atoms with Crippen LogP contribution in [0.25, 0.3) is 0 Å². The lowest BCUT2D eigenvalue weighted by Gasteiger charge is -2.23. The topological polar surface area (TPSA) is 45.2 Å². The Morgan fingerprint density at radius 3 is 2.46 bits per heavy atom. The van der Waals surface area contributed by atoms with Crippen LogP contribution >= 0.6 is 11.6 Å². The average Bonchev–Trinajstić information content (AvgIpc) is 2.55. The van der Waals surface area contributed by atoms with Gasteiger partial charge in [-0.1, -0.05) is 31.5 Å². The van der Waals surface area contributed by atoms with E-state index < -0.39 is 11.7 Å². The highest BCUT2D eigenvalue weighted by Crippen LogP contribution is 2.21. The number of benzene rings is 1. The molecule has 1 heterocycles. The molecule has 24 heavy (non-hydrogen) atoms. The molecule has 0 aliphatic rings. The fraction of sp³-hybridized carbons (Fsp3) is 0.333. The highest BCUT2D eigenvalue weighted by atomic mass is 35.5. The minimum atomic E-state index is -0.659. The highest BCUT2D eigenvalue weighted by Gasteiger charge is 2.16. The molecule has 0 fully saturated rings. The summed E-state index contributed by atoms with van der Waals surface area (Å²) in [5.74, 6) is -0.915. The van der Waals surface area contributed by atoms with Gasteiger partial charge < -0.3 is 10.2 Å². The lowest BCUT2D eigenvalue weighted by atomic mass is 10.2. The van der Waals surface area contributed by atoms with Gasteiger partial charge in [0.1, 0.15) is 11.6 Å². The third kappa shape index (κ3) is 4.45. The number of aromatic nitrogens is 1. The molecule has 0 radical (unpaired) electrons. The van der Waals surface area contributed by atoms with Crippen LogP contribution in [0, 0.1) is 5.82 Å². The molecule has 1 aromatic carbocycles. The van der Waals surface area contributed by atoms with Crippen LogP contribution in [0.15, 0.2) is 36.5 Å². The van der Waals surface area contributed by atoms with Gasteiger partial charge in [-0.05, 0) is 37.1 Å². The lowest BCUT2D eigenvalue weighted by Crippen LogP contribution is -2.25. The smallest absolute Gasteiger partial charge is 0.261 e. The second-order valence-electron chi connectivity index (χ2n) is 5.44. The van der Waals surface area contributed by atoms with E-state index in [0.29, 0.717) is 5.82 Å². The predicted octanol–water partition coefficient (Wildman–Crippen LogP) is 4.75. The Hall–Kier alpha value is -2.14. The fourth-order valence-electron chi connectivity index (χ4n) is 2.45. The number of rotatable bonds is 7. The number of carbonyl (C=O) groups excluding carboxylic acids is 1. The Balaban J connectivity index is 2.12. The van der Waals surface area contributed by atoms with Gasteiger partial charge in [-0.3, -0.25) is 4.79 Å². The third-order valence-corrected chi connectivity index (χ3v) is 3.85. The number of hydrogen-bond donors (Lipinski definition) is 1. The largest absolute Gasteiger partial charge is 0.370 e. The summed E-state index contributed by atoms with van der Waals surface area (Å²) in [7, 11) is 0. The van der Waals surface area contributed by atoms with Crippen molar-refractivity contribution in [3.8, 4) is 0 Å². The molecule has 2 aromatic rings. The summed E-state index contributed by atoms with van der Waals surface area (Å²) in [6, 6.07) is 7.74. The molecule has 4 nitrogen and oxygen atoms in total. The average molecular weight is 350 g/mol. The van der Waals surface area contributed by atoms with Gasteiger partial charge in [0.25, 0.3) is 5.91 Å². The summed E-state index contributed by atoms with van der Waals surface area (Å²) in [5.41, 5.74) is 0.823. The predicted molar refractivity (Wildman–Crippen MR) is 96.4 cm³/mol. The summed E-state index contributed by atoms with van der Waals surface area (Å²) in [5, 5.41) is 2.65. The number of anilines is 2. The number of nitrogens with zero attached hydrogens (tertiary/aromatic N) is 2. The zero-order chi connectivity index (χ0) is 17.5. The second kappa shape index (κ2) is 8.64. The van der Waals surface area contributed by atoms with Crippen molar-refractivity contribution in [1.29, 1.82) is 0 Å². The molecule has 6 heteroatoms. The quantitative estimate of drug-likeness (QED) is 0.784. The number of carbonyl (C=O) groups is 1. The molecule has 0 aliphatic heterocycles. The van der Waals surface area contributed by atoms with E-state index >= 15 is 0 Å². The van der Waals surface area contributed by atoms with Gasteiger partial charge in [-0.15, -0.1) is 0 Å². The van der Waals surface area contributed by atoms with Crippen LogP contribution in [0.5, 0.6) is 0 Å². The number of hydrogen-bond acceptors (Lipinski definition) is 3. The van der Waals surface area contributed by atoms with Crippen LogP contribution < -0.4 is 10.2 Å². The molecular weight excluding hydrogens is 329 g/mol. The van der Waals surface area contributed by atoms with Crippen molar-refractivity contribution in [2.24, 2.45) is 0 Å². The van der Waals surface area contributed by atoms with Gasteiger partial charge in [0.2, 0.25) is 0 Å². The van der Waals surface area contributed by atoms with Crippen LogP contribution in [0.4, 0.5) is 15.9 Å². The minimum Gasteiger partial charge on any atom is -0.370 e. The van der Waals surface area contributed by atoms with Crippen molar-refractivity contribution in [1.82, 2.24) is 4.98 Å². The monoisotopic (exact) mass is 349 g/mol. The van der Waals surface area contributed by atoms with Crippen molar-refractivity contribution < 1.29 is 9.18 Å². The summed E-state index contributed by atoms with van der Waals surface area (Å²) in [6.45, 7) is 6.16. The van der Waals surface area contributed by atoms with Gasteiger partial charge in [0.05, 0.1) is 22.5 Å². The Morgan fingerprint density at radius 2 is 1.92 bits per heavy atom. The summed E-state index contributed by atoms with van der Waals surface area (Å²) >= 11 is 5.90. The zero-order valence-corrected chi connectivity index (χ0v) is 14.6. The van der Waals surface area contributed by atoms with Gasteiger partial charge in [0, 0.05) is 13.1 Å². The van der Waals surface area contributed by atoms with Crippen LogP contribution in [-0.4, -0.2) is 24.0 Å². The second-order valence-corrected chi connectivity index (χ2v) is 5.85. The molecule has 0 spiro atoms. The van der Waals surface area contributed by atoms with Crippen molar-refractivity contribution >= 4 is 29.0 Å². The highest BCUT2D eigenvalue weighted by molar-refractivity contribution is 6.34. The van der Waals surface area contributed by atoms with E-state index in [-0.39, 0.29) is 10.6 Å². The first kappa shape index (κ1) is 18.2. The number of pyridine rings is 1. The molecule has 2 rings (SSSR count). The van der Waals surface area contributed by atoms with Crippen molar-refractivity contribution in [3.63, 3.8) is 0 Å². The first-order valence-corrected chi connectivity index (χ1v) is 8.41. The van der Waals surface area contributed by atoms with Gasteiger partial charge in [-0.2, -0.15) is 0 Å². The Morgan fingerprint density at radius 1 is 1.21 bits per heavy atom. The van der Waals surface area contributed by atoms with Gasteiger partial charge >= 0.3 is 0 Å². The van der Waals surface area contributed by atoms with Crippen LogP contribution in [0.3, 0.4) is 0 Å². The van der Waals surface area contributed by atoms with E-state index in [1.165, 1.54) is 18.2 Å². The number of nitrogens with one attached hydrogen (secondary N) is 1. The lowest BCUT2D eigenvalue weighted by molar-refractivity contribution is 0.102. The van der Waals surface area contributed by atoms with Gasteiger partial charge in [-0.25, -0.2) is 9.37 Å². The van der Waals surface area contributed by atoms with Crippen LogP contribution in [-0.2, 0) is 0 Å². The Labute approximate surface area is 146 Å². The van der Waals surface area contributed by atoms with Gasteiger partial charge in [0.15, 0.2) is 0 Å². The van der Waals surface area contributed by atoms with Crippen LogP contribution in [0.1, 0.15) is 37.0 Å². The first-order valence-electron chi connectivity index (χ1n) is 8.03. The molecule has 0 atom stereocenters. The fourth-order valence-corrected chi connectivity index (χ4v) is 2.70. The number of halogens is 2. The standard InChI is InChI=1S/C18H21ClFN3O/c1-3-10-23(11-4-2)13-8-9-16(21-12-13)22-18(24)17-14(19)6-5-7-15(17)20/h5-9,12H,3-4,10-11H2,1-2H3,(H,21,22,24). The molecule has 0 unspecified atom stereocenters. The normalized spacial score (nSPS) is 10.5. The van der Waals surface area contributed by atoms with Crippen molar-refractivity contribution in [2.45, 2.75) is 26.7 Å². The maximum Gasteiger partial charge on any atom is 0.261 e. The van der Waals surface area contributed by atoms with Crippen molar-refractivity contribution in [2.75, 3.05) is 23.3 Å². The van der Waals surface area contributed by atoms with E-state index in [9.17, 15) is 9.18 Å². The SMILES string of the molecule is CCCN(CCC)c1ccc(NC(=O)c2c(F)cccc2Cl)nc1. The summed E-state index contributed by atoms with van der Waals surface area (Å²) < 4.78 is 13.8. The third-order valence-electron chi connectivity index (χ3n) is 3.53. The van der Waals surface area contributed by atoms with E-state index in [2.05, 4.69) is 29.0 Å². The number of amides is 1. The molecule has 1 N–H and O–H groups in total. The van der Waals surface area contributed by atoms with Crippen molar-refractivity contribution in [3.05, 3.63) is 52.9 Å². The van der Waals surface area contributed by atoms with E-state index in [1.807, 2.05) is 6.07 Å². The Kier molecular flexibility index (Phi) is 6.55. The minimum absolute atomic E-state index is 0.0705. The zero-order valence-electron chi connectivity index (χ0n) is 13.9. The maximum atomic E-state index is 13.8. The molecule has 0 bridgehead atoms.